The quantitative estimate of drug-likeness (QED) is 0.801. The van der Waals surface area contributed by atoms with Crippen LogP contribution in [-0.4, -0.2) is 66.7 Å². The van der Waals surface area contributed by atoms with Crippen LogP contribution in [0.4, 0.5) is 0 Å². The molecule has 8 nitrogen and oxygen atoms in total. The molecule has 3 heterocycles. The van der Waals surface area contributed by atoms with Crippen molar-refractivity contribution in [2.24, 2.45) is 0 Å². The Morgan fingerprint density at radius 1 is 1.15 bits per heavy atom. The predicted molar refractivity (Wildman–Crippen MR) is 103 cm³/mol. The van der Waals surface area contributed by atoms with Crippen LogP contribution in [0.1, 0.15) is 56.6 Å². The van der Waals surface area contributed by atoms with Gasteiger partial charge >= 0.3 is 0 Å². The second-order valence-electron chi connectivity index (χ2n) is 8.25. The lowest BCUT2D eigenvalue weighted by molar-refractivity contribution is 0.0755. The first-order valence-electron chi connectivity index (χ1n) is 9.82. The molecular formula is C19H31N7O. The Balaban J connectivity index is 1.57. The molecule has 27 heavy (non-hydrogen) atoms. The Bertz CT molecular complexity index is 758. The molecule has 0 atom stereocenters. The maximum Gasteiger partial charge on any atom is 0.276 e. The zero-order valence-electron chi connectivity index (χ0n) is 16.9. The molecule has 0 aliphatic carbocycles. The van der Waals surface area contributed by atoms with Crippen molar-refractivity contribution in [3.05, 3.63) is 29.8 Å². The molecule has 148 valence electrons. The lowest BCUT2D eigenvalue weighted by Crippen LogP contribution is -2.35. The summed E-state index contributed by atoms with van der Waals surface area (Å²) in [7, 11) is 0. The number of aryl methyl sites for hydroxylation is 1. The van der Waals surface area contributed by atoms with Crippen LogP contribution in [0, 0.1) is 0 Å². The van der Waals surface area contributed by atoms with Crippen LogP contribution in [0.2, 0.25) is 0 Å². The van der Waals surface area contributed by atoms with Gasteiger partial charge in [-0.2, -0.15) is 5.10 Å². The maximum atomic E-state index is 12.8. The van der Waals surface area contributed by atoms with Crippen molar-refractivity contribution in [1.82, 2.24) is 34.6 Å². The Morgan fingerprint density at radius 3 is 2.67 bits per heavy atom. The predicted octanol–water partition coefficient (Wildman–Crippen LogP) is 1.99. The van der Waals surface area contributed by atoms with E-state index >= 15 is 0 Å². The lowest BCUT2D eigenvalue weighted by atomic mass is 10.1. The average molecular weight is 374 g/mol. The first kappa shape index (κ1) is 19.5. The smallest absolute Gasteiger partial charge is 0.276 e. The van der Waals surface area contributed by atoms with Crippen molar-refractivity contribution < 1.29 is 4.79 Å². The van der Waals surface area contributed by atoms with Gasteiger partial charge in [0.2, 0.25) is 0 Å². The summed E-state index contributed by atoms with van der Waals surface area (Å²) in [6, 6.07) is 0. The van der Waals surface area contributed by atoms with Gasteiger partial charge < -0.3 is 4.90 Å². The molecule has 1 saturated heterocycles. The van der Waals surface area contributed by atoms with Gasteiger partial charge in [-0.05, 0) is 33.6 Å². The molecule has 0 saturated carbocycles. The van der Waals surface area contributed by atoms with Gasteiger partial charge in [-0.25, -0.2) is 4.68 Å². The molecule has 1 fully saturated rings. The van der Waals surface area contributed by atoms with Crippen LogP contribution in [0.3, 0.4) is 0 Å². The third-order valence-corrected chi connectivity index (χ3v) is 4.82. The molecular weight excluding hydrogens is 342 g/mol. The van der Waals surface area contributed by atoms with Crippen LogP contribution >= 0.6 is 0 Å². The molecule has 0 bridgehead atoms. The minimum atomic E-state index is -0.177. The number of nitrogens with zero attached hydrogens (tertiary/aromatic N) is 7. The zero-order valence-corrected chi connectivity index (χ0v) is 16.9. The van der Waals surface area contributed by atoms with Gasteiger partial charge in [0.15, 0.2) is 5.69 Å². The van der Waals surface area contributed by atoms with E-state index in [1.54, 1.807) is 10.9 Å². The fourth-order valence-corrected chi connectivity index (χ4v) is 3.28. The van der Waals surface area contributed by atoms with Gasteiger partial charge in [0.05, 0.1) is 17.9 Å². The number of carbonyl (C=O) groups excluding carboxylic acids is 1. The van der Waals surface area contributed by atoms with Crippen LogP contribution in [0.5, 0.6) is 0 Å². The molecule has 0 radical (unpaired) electrons. The molecule has 1 amide bonds. The van der Waals surface area contributed by atoms with Gasteiger partial charge in [0.1, 0.15) is 0 Å². The van der Waals surface area contributed by atoms with Crippen LogP contribution in [0.25, 0.3) is 0 Å². The average Bonchev–Trinajstić information content (AvgIpc) is 3.21. The summed E-state index contributed by atoms with van der Waals surface area (Å²) in [5.41, 5.74) is 1.49. The molecule has 0 unspecified atom stereocenters. The SMILES string of the molecule is CCCn1cc(CN2CCCN(C(=O)c3cn(C(C)(C)C)nn3)CC2)cn1. The van der Waals surface area contributed by atoms with Gasteiger partial charge in [0, 0.05) is 51.0 Å². The summed E-state index contributed by atoms with van der Waals surface area (Å²) >= 11 is 0. The van der Waals surface area contributed by atoms with Gasteiger partial charge in [-0.1, -0.05) is 12.1 Å². The third-order valence-electron chi connectivity index (χ3n) is 4.82. The highest BCUT2D eigenvalue weighted by Crippen LogP contribution is 2.14. The highest BCUT2D eigenvalue weighted by atomic mass is 16.2. The van der Waals surface area contributed by atoms with E-state index in [1.165, 1.54) is 5.56 Å². The minimum Gasteiger partial charge on any atom is -0.336 e. The number of carbonyl (C=O) groups is 1. The van der Waals surface area contributed by atoms with E-state index < -0.39 is 0 Å². The van der Waals surface area contributed by atoms with E-state index in [9.17, 15) is 4.79 Å². The normalized spacial score (nSPS) is 16.5. The highest BCUT2D eigenvalue weighted by Gasteiger charge is 2.24. The van der Waals surface area contributed by atoms with Crippen molar-refractivity contribution in [1.29, 1.82) is 0 Å². The number of amides is 1. The molecule has 1 aliphatic heterocycles. The van der Waals surface area contributed by atoms with E-state index in [0.29, 0.717) is 12.2 Å². The summed E-state index contributed by atoms with van der Waals surface area (Å²) in [5, 5.41) is 12.6. The second kappa shape index (κ2) is 8.21. The van der Waals surface area contributed by atoms with Crippen molar-refractivity contribution in [3.63, 3.8) is 0 Å². The molecule has 3 rings (SSSR count). The zero-order chi connectivity index (χ0) is 19.4. The molecule has 2 aromatic heterocycles. The van der Waals surface area contributed by atoms with E-state index in [1.807, 2.05) is 36.5 Å². The van der Waals surface area contributed by atoms with E-state index in [2.05, 4.69) is 33.4 Å². The second-order valence-corrected chi connectivity index (χ2v) is 8.25. The van der Waals surface area contributed by atoms with Gasteiger partial charge in [0.25, 0.3) is 5.91 Å². The maximum absolute atomic E-state index is 12.8. The van der Waals surface area contributed by atoms with Crippen LogP contribution < -0.4 is 0 Å². The number of aromatic nitrogens is 5. The Morgan fingerprint density at radius 2 is 1.96 bits per heavy atom. The van der Waals surface area contributed by atoms with Gasteiger partial charge in [-0.3, -0.25) is 14.4 Å². The Kier molecular flexibility index (Phi) is 5.94. The largest absolute Gasteiger partial charge is 0.336 e. The molecule has 8 heteroatoms. The fourth-order valence-electron chi connectivity index (χ4n) is 3.28. The lowest BCUT2D eigenvalue weighted by Gasteiger charge is -2.21. The van der Waals surface area contributed by atoms with Crippen molar-refractivity contribution in [2.45, 2.75) is 59.2 Å². The number of hydrogen-bond acceptors (Lipinski definition) is 5. The molecule has 1 aliphatic rings. The monoisotopic (exact) mass is 373 g/mol. The fraction of sp³-hybridized carbons (Fsp3) is 0.684. The standard InChI is InChI=1S/C19H31N7O/c1-5-7-25-14-16(12-20-25)13-23-8-6-9-24(11-10-23)18(27)17-15-26(22-21-17)19(2,3)4/h12,14-15H,5-11,13H2,1-4H3. The summed E-state index contributed by atoms with van der Waals surface area (Å²) < 4.78 is 3.75. The highest BCUT2D eigenvalue weighted by molar-refractivity contribution is 5.91. The minimum absolute atomic E-state index is 0.0249. The molecule has 0 aromatic carbocycles. The summed E-state index contributed by atoms with van der Waals surface area (Å²) in [6.45, 7) is 13.4. The summed E-state index contributed by atoms with van der Waals surface area (Å²) in [4.78, 5) is 17.1. The third kappa shape index (κ3) is 4.94. The van der Waals surface area contributed by atoms with Gasteiger partial charge in [-0.15, -0.1) is 5.10 Å². The Labute approximate surface area is 161 Å². The molecule has 2 aromatic rings. The van der Waals surface area contributed by atoms with E-state index in [0.717, 1.165) is 45.6 Å². The van der Waals surface area contributed by atoms with E-state index in [4.69, 9.17) is 0 Å². The first-order valence-corrected chi connectivity index (χ1v) is 9.82. The number of hydrogen-bond donors (Lipinski definition) is 0. The van der Waals surface area contributed by atoms with E-state index in [-0.39, 0.29) is 11.4 Å². The first-order chi connectivity index (χ1) is 12.9. The van der Waals surface area contributed by atoms with Crippen LogP contribution in [-0.2, 0) is 18.6 Å². The Hall–Kier alpha value is -2.22. The molecule has 0 N–H and O–H groups in total. The summed E-state index contributed by atoms with van der Waals surface area (Å²) in [6.07, 6.45) is 7.88. The topological polar surface area (TPSA) is 72.1 Å². The number of rotatable bonds is 5. The van der Waals surface area contributed by atoms with Crippen LogP contribution in [0.15, 0.2) is 18.6 Å². The molecule has 0 spiro atoms. The summed E-state index contributed by atoms with van der Waals surface area (Å²) in [5.74, 6) is -0.0249. The van der Waals surface area contributed by atoms with Crippen molar-refractivity contribution in [2.75, 3.05) is 26.2 Å². The van der Waals surface area contributed by atoms with Crippen molar-refractivity contribution >= 4 is 5.91 Å². The van der Waals surface area contributed by atoms with Crippen molar-refractivity contribution in [3.8, 4) is 0 Å².